The van der Waals surface area contributed by atoms with E-state index in [1.807, 2.05) is 0 Å². The zero-order valence-electron chi connectivity index (χ0n) is 22.8. The predicted octanol–water partition coefficient (Wildman–Crippen LogP) is 10.7. The van der Waals surface area contributed by atoms with Crippen LogP contribution < -0.4 is 0 Å². The third kappa shape index (κ3) is 9.21. The van der Waals surface area contributed by atoms with Crippen LogP contribution in [0.3, 0.4) is 0 Å². The Morgan fingerprint density at radius 3 is 0.804 bits per heavy atom. The van der Waals surface area contributed by atoms with E-state index in [1.165, 1.54) is 24.3 Å². The van der Waals surface area contributed by atoms with Gasteiger partial charge >= 0.3 is 24.7 Å². The van der Waals surface area contributed by atoms with Crippen LogP contribution in [0, 0.1) is 23.7 Å². The van der Waals surface area contributed by atoms with E-state index in [-0.39, 0.29) is 12.1 Å². The Bertz CT molecular complexity index is 1660. The lowest BCUT2D eigenvalue weighted by atomic mass is 10.0. The van der Waals surface area contributed by atoms with E-state index in [2.05, 4.69) is 23.7 Å². The van der Waals surface area contributed by atoms with Crippen LogP contribution in [-0.4, -0.2) is 0 Å². The Morgan fingerprint density at radius 2 is 0.565 bits per heavy atom. The minimum atomic E-state index is -4.99. The highest BCUT2D eigenvalue weighted by molar-refractivity contribution is 5.70. The quantitative estimate of drug-likeness (QED) is 0.115. The van der Waals surface area contributed by atoms with Crippen LogP contribution in [0.2, 0.25) is 0 Å². The fourth-order valence-corrected chi connectivity index (χ4v) is 3.89. The van der Waals surface area contributed by atoms with Gasteiger partial charge in [0.05, 0.1) is 22.3 Å². The molecule has 4 rings (SSSR count). The fraction of sp³-hybridized carbons (Fsp3) is 0.118. The zero-order chi connectivity index (χ0) is 33.9. The average Bonchev–Trinajstić information content (AvgIpc) is 2.97. The summed E-state index contributed by atoms with van der Waals surface area (Å²) in [5.74, 6) is 9.73. The normalized spacial score (nSPS) is 12.3. The molecule has 4 aromatic rings. The van der Waals surface area contributed by atoms with Crippen molar-refractivity contribution in [2.45, 2.75) is 24.7 Å². The molecular formula is C34H16F12. The first-order valence-corrected chi connectivity index (χ1v) is 12.8. The molecule has 0 saturated heterocycles. The van der Waals surface area contributed by atoms with Gasteiger partial charge in [0.1, 0.15) is 0 Å². The smallest absolute Gasteiger partial charge is 0.166 e. The number of alkyl halides is 12. The van der Waals surface area contributed by atoms with Crippen LogP contribution in [0.15, 0.2) is 84.9 Å². The molecule has 0 radical (unpaired) electrons. The predicted molar refractivity (Wildman–Crippen MR) is 147 cm³/mol. The van der Waals surface area contributed by atoms with Crippen molar-refractivity contribution < 1.29 is 52.7 Å². The van der Waals surface area contributed by atoms with Gasteiger partial charge in [0, 0.05) is 22.3 Å². The van der Waals surface area contributed by atoms with Gasteiger partial charge < -0.3 is 0 Å². The summed E-state index contributed by atoms with van der Waals surface area (Å²) in [5, 5.41) is 0. The lowest BCUT2D eigenvalue weighted by molar-refractivity contribution is -0.144. The SMILES string of the molecule is FC(F)(F)c1cc(C#Cc2ccc(C=Cc3ccc(C#Cc4cc(C(F)(F)F)cc(C(F)(F)F)c4)cc3)cc2)cc(C(F)(F)F)c1. The van der Waals surface area contributed by atoms with Gasteiger partial charge in [-0.1, -0.05) is 60.1 Å². The largest absolute Gasteiger partial charge is 0.416 e. The van der Waals surface area contributed by atoms with Crippen molar-refractivity contribution >= 4 is 12.2 Å². The molecule has 0 bridgehead atoms. The molecule has 0 nitrogen and oxygen atoms in total. The van der Waals surface area contributed by atoms with Crippen molar-refractivity contribution in [1.82, 2.24) is 0 Å². The summed E-state index contributed by atoms with van der Waals surface area (Å²) < 4.78 is 157. The van der Waals surface area contributed by atoms with Crippen molar-refractivity contribution in [3.05, 3.63) is 141 Å². The molecule has 236 valence electrons. The Labute approximate surface area is 254 Å². The highest BCUT2D eigenvalue weighted by Gasteiger charge is 2.38. The summed E-state index contributed by atoms with van der Waals surface area (Å²) in [6.07, 6.45) is -16.6. The van der Waals surface area contributed by atoms with Crippen LogP contribution >= 0.6 is 0 Å². The van der Waals surface area contributed by atoms with E-state index in [4.69, 9.17) is 0 Å². The number of hydrogen-bond donors (Lipinski definition) is 0. The van der Waals surface area contributed by atoms with Gasteiger partial charge in [-0.05, 0) is 71.8 Å². The number of rotatable bonds is 2. The molecule has 0 N–H and O–H groups in total. The third-order valence-corrected chi connectivity index (χ3v) is 6.17. The van der Waals surface area contributed by atoms with Crippen molar-refractivity contribution in [3.8, 4) is 23.7 Å². The van der Waals surface area contributed by atoms with Crippen molar-refractivity contribution in [1.29, 1.82) is 0 Å². The highest BCUT2D eigenvalue weighted by Crippen LogP contribution is 2.37. The Balaban J connectivity index is 1.47. The molecular weight excluding hydrogens is 636 g/mol. The maximum Gasteiger partial charge on any atom is 0.416 e. The molecule has 0 aromatic heterocycles. The molecule has 46 heavy (non-hydrogen) atoms. The van der Waals surface area contributed by atoms with Crippen molar-refractivity contribution in [3.63, 3.8) is 0 Å². The number of hydrogen-bond acceptors (Lipinski definition) is 0. The number of halogens is 12. The Hall–Kier alpha value is -5.10. The molecule has 0 spiro atoms. The standard InChI is InChI=1S/C34H16F12/c35-31(36,37)27-15-25(16-28(19-27)32(38,39)40)13-11-23-7-3-21(4-8-23)1-2-22-5-9-24(10-6-22)12-14-26-17-29(33(41,42)43)20-30(18-26)34(44,45)46/h1-10,15-20H. The van der Waals surface area contributed by atoms with Gasteiger partial charge in [0.15, 0.2) is 0 Å². The zero-order valence-corrected chi connectivity index (χ0v) is 22.8. The van der Waals surface area contributed by atoms with E-state index >= 15 is 0 Å². The molecule has 0 aliphatic carbocycles. The monoisotopic (exact) mass is 652 g/mol. The van der Waals surface area contributed by atoms with Gasteiger partial charge in [0.25, 0.3) is 0 Å². The van der Waals surface area contributed by atoms with E-state index in [0.717, 1.165) is 0 Å². The summed E-state index contributed by atoms with van der Waals surface area (Å²) >= 11 is 0. The summed E-state index contributed by atoms with van der Waals surface area (Å²) in [4.78, 5) is 0. The second kappa shape index (κ2) is 12.7. The van der Waals surface area contributed by atoms with Crippen LogP contribution in [0.4, 0.5) is 52.7 Å². The second-order valence-corrected chi connectivity index (χ2v) is 9.67. The maximum atomic E-state index is 13.1. The molecule has 0 saturated carbocycles. The van der Waals surface area contributed by atoms with Crippen LogP contribution in [0.1, 0.15) is 55.6 Å². The molecule has 0 fully saturated rings. The van der Waals surface area contributed by atoms with Crippen molar-refractivity contribution in [2.24, 2.45) is 0 Å². The second-order valence-electron chi connectivity index (χ2n) is 9.67. The van der Waals surface area contributed by atoms with Gasteiger partial charge in [0.2, 0.25) is 0 Å². The van der Waals surface area contributed by atoms with E-state index in [0.29, 0.717) is 46.5 Å². The Morgan fingerprint density at radius 1 is 0.326 bits per heavy atom. The van der Waals surface area contributed by atoms with Gasteiger partial charge in [-0.25, -0.2) is 0 Å². The first kappa shape index (κ1) is 33.8. The van der Waals surface area contributed by atoms with Gasteiger partial charge in [-0.3, -0.25) is 0 Å². The van der Waals surface area contributed by atoms with E-state index < -0.39 is 58.1 Å². The lowest BCUT2D eigenvalue weighted by Crippen LogP contribution is -2.11. The molecule has 0 heterocycles. The fourth-order valence-electron chi connectivity index (χ4n) is 3.89. The van der Waals surface area contributed by atoms with Crippen molar-refractivity contribution in [2.75, 3.05) is 0 Å². The first-order valence-electron chi connectivity index (χ1n) is 12.8. The van der Waals surface area contributed by atoms with Gasteiger partial charge in [-0.15, -0.1) is 0 Å². The van der Waals surface area contributed by atoms with Gasteiger partial charge in [-0.2, -0.15) is 52.7 Å². The number of benzene rings is 4. The van der Waals surface area contributed by atoms with Crippen LogP contribution in [-0.2, 0) is 24.7 Å². The third-order valence-electron chi connectivity index (χ3n) is 6.17. The Kier molecular flexibility index (Phi) is 9.34. The summed E-state index contributed by atoms with van der Waals surface area (Å²) in [7, 11) is 0. The highest BCUT2D eigenvalue weighted by atomic mass is 19.4. The summed E-state index contributed by atoms with van der Waals surface area (Å²) in [6, 6.07) is 14.7. The topological polar surface area (TPSA) is 0 Å². The first-order chi connectivity index (χ1) is 21.3. The average molecular weight is 652 g/mol. The minimum Gasteiger partial charge on any atom is -0.166 e. The molecule has 0 aliphatic heterocycles. The van der Waals surface area contributed by atoms with E-state index in [1.54, 1.807) is 36.4 Å². The summed E-state index contributed by atoms with van der Waals surface area (Å²) in [6.45, 7) is 0. The molecule has 0 aliphatic rings. The minimum absolute atomic E-state index is 0.0179. The molecule has 0 atom stereocenters. The van der Waals surface area contributed by atoms with E-state index in [9.17, 15) is 52.7 Å². The van der Waals surface area contributed by atoms with Crippen LogP contribution in [0.5, 0.6) is 0 Å². The summed E-state index contributed by atoms with van der Waals surface area (Å²) in [5.41, 5.74) is -4.81. The van der Waals surface area contributed by atoms with Crippen LogP contribution in [0.25, 0.3) is 12.2 Å². The molecule has 0 amide bonds. The molecule has 0 unspecified atom stereocenters. The molecule has 4 aromatic carbocycles. The maximum absolute atomic E-state index is 13.1. The molecule has 12 heteroatoms. The lowest BCUT2D eigenvalue weighted by Gasteiger charge is -2.12.